The second-order valence-electron chi connectivity index (χ2n) is 1.72. The summed E-state index contributed by atoms with van der Waals surface area (Å²) in [6, 6.07) is 0. The lowest BCUT2D eigenvalue weighted by molar-refractivity contribution is 0.847. The second-order valence-corrected chi connectivity index (χ2v) is 2.80. The van der Waals surface area contributed by atoms with Crippen LogP contribution in [0.3, 0.4) is 0 Å². The van der Waals surface area contributed by atoms with Crippen molar-refractivity contribution in [3.05, 3.63) is 16.6 Å². The van der Waals surface area contributed by atoms with E-state index in [-0.39, 0.29) is 0 Å². The standard InChI is InChI=1S/C5H6BrClN2/c1-9-3-4(6)8-5(9)2-7/h3H,2H2,1H3. The SMILES string of the molecule is Cn1cc(Br)nc1CCl. The van der Waals surface area contributed by atoms with Gasteiger partial charge in [-0.2, -0.15) is 0 Å². The fourth-order valence-corrected chi connectivity index (χ4v) is 1.35. The van der Waals surface area contributed by atoms with E-state index in [0.29, 0.717) is 5.88 Å². The van der Waals surface area contributed by atoms with Gasteiger partial charge in [0.15, 0.2) is 0 Å². The second kappa shape index (κ2) is 2.71. The molecule has 0 aromatic carbocycles. The van der Waals surface area contributed by atoms with Crippen molar-refractivity contribution in [1.82, 2.24) is 9.55 Å². The van der Waals surface area contributed by atoms with Crippen LogP contribution < -0.4 is 0 Å². The first kappa shape index (κ1) is 7.09. The van der Waals surface area contributed by atoms with Crippen LogP contribution in [0.15, 0.2) is 10.8 Å². The van der Waals surface area contributed by atoms with Gasteiger partial charge in [0.2, 0.25) is 0 Å². The van der Waals surface area contributed by atoms with Crippen molar-refractivity contribution in [3.8, 4) is 0 Å². The number of alkyl halides is 1. The Morgan fingerprint density at radius 1 is 1.89 bits per heavy atom. The van der Waals surface area contributed by atoms with Gasteiger partial charge in [-0.05, 0) is 15.9 Å². The van der Waals surface area contributed by atoms with Crippen LogP contribution in [0.1, 0.15) is 5.82 Å². The molecule has 0 spiro atoms. The van der Waals surface area contributed by atoms with Crippen molar-refractivity contribution < 1.29 is 0 Å². The summed E-state index contributed by atoms with van der Waals surface area (Å²) in [4.78, 5) is 4.08. The van der Waals surface area contributed by atoms with Crippen LogP contribution in [0.25, 0.3) is 0 Å². The number of aromatic nitrogens is 2. The third-order valence-electron chi connectivity index (χ3n) is 1.06. The molecular formula is C5H6BrClN2. The zero-order chi connectivity index (χ0) is 6.85. The van der Waals surface area contributed by atoms with Gasteiger partial charge in [-0.15, -0.1) is 11.6 Å². The number of nitrogens with zero attached hydrogens (tertiary/aromatic N) is 2. The molecule has 0 saturated heterocycles. The van der Waals surface area contributed by atoms with Crippen molar-refractivity contribution in [2.24, 2.45) is 7.05 Å². The summed E-state index contributed by atoms with van der Waals surface area (Å²) in [7, 11) is 1.91. The Morgan fingerprint density at radius 3 is 2.78 bits per heavy atom. The highest BCUT2D eigenvalue weighted by Gasteiger charge is 1.98. The summed E-state index contributed by atoms with van der Waals surface area (Å²) >= 11 is 8.77. The van der Waals surface area contributed by atoms with Gasteiger partial charge in [0.1, 0.15) is 10.4 Å². The number of aryl methyl sites for hydroxylation is 1. The zero-order valence-electron chi connectivity index (χ0n) is 4.93. The molecule has 0 aliphatic rings. The normalized spacial score (nSPS) is 10.1. The highest BCUT2D eigenvalue weighted by Crippen LogP contribution is 2.09. The fraction of sp³-hybridized carbons (Fsp3) is 0.400. The molecule has 1 aromatic heterocycles. The molecule has 0 N–H and O–H groups in total. The Balaban J connectivity index is 3.01. The highest BCUT2D eigenvalue weighted by atomic mass is 79.9. The molecule has 0 radical (unpaired) electrons. The van der Waals surface area contributed by atoms with Gasteiger partial charge in [-0.25, -0.2) is 4.98 Å². The first-order valence-corrected chi connectivity index (χ1v) is 3.80. The molecular weight excluding hydrogens is 203 g/mol. The third-order valence-corrected chi connectivity index (χ3v) is 1.68. The summed E-state index contributed by atoms with van der Waals surface area (Å²) in [5.74, 6) is 1.34. The quantitative estimate of drug-likeness (QED) is 0.646. The lowest BCUT2D eigenvalue weighted by Gasteiger charge is -1.91. The van der Waals surface area contributed by atoms with Crippen LogP contribution >= 0.6 is 27.5 Å². The largest absolute Gasteiger partial charge is 0.336 e. The first-order valence-electron chi connectivity index (χ1n) is 2.47. The van der Waals surface area contributed by atoms with Crippen LogP contribution in [-0.4, -0.2) is 9.55 Å². The molecule has 9 heavy (non-hydrogen) atoms. The van der Waals surface area contributed by atoms with Crippen molar-refractivity contribution in [2.45, 2.75) is 5.88 Å². The monoisotopic (exact) mass is 208 g/mol. The molecule has 1 heterocycles. The van der Waals surface area contributed by atoms with E-state index >= 15 is 0 Å². The van der Waals surface area contributed by atoms with E-state index in [4.69, 9.17) is 11.6 Å². The number of rotatable bonds is 1. The Morgan fingerprint density at radius 2 is 2.56 bits per heavy atom. The van der Waals surface area contributed by atoms with Gasteiger partial charge in [-0.3, -0.25) is 0 Å². The van der Waals surface area contributed by atoms with E-state index in [1.54, 1.807) is 0 Å². The van der Waals surface area contributed by atoms with Gasteiger partial charge >= 0.3 is 0 Å². The Labute approximate surface area is 67.0 Å². The lowest BCUT2D eigenvalue weighted by Crippen LogP contribution is -1.91. The summed E-state index contributed by atoms with van der Waals surface area (Å²) < 4.78 is 2.72. The maximum Gasteiger partial charge on any atom is 0.124 e. The number of hydrogen-bond acceptors (Lipinski definition) is 1. The van der Waals surface area contributed by atoms with E-state index in [2.05, 4.69) is 20.9 Å². The molecule has 0 aliphatic heterocycles. The molecule has 2 nitrogen and oxygen atoms in total. The summed E-state index contributed by atoms with van der Waals surface area (Å²) in [6.45, 7) is 0. The number of halogens is 2. The minimum atomic E-state index is 0.460. The lowest BCUT2D eigenvalue weighted by atomic mass is 10.7. The maximum absolute atomic E-state index is 5.54. The van der Waals surface area contributed by atoms with Crippen LogP contribution in [0, 0.1) is 0 Å². The van der Waals surface area contributed by atoms with Crippen molar-refractivity contribution >= 4 is 27.5 Å². The molecule has 0 amide bonds. The molecule has 0 fully saturated rings. The van der Waals surface area contributed by atoms with Crippen LogP contribution in [0.2, 0.25) is 0 Å². The molecule has 0 bridgehead atoms. The van der Waals surface area contributed by atoms with Crippen LogP contribution in [-0.2, 0) is 12.9 Å². The predicted molar refractivity (Wildman–Crippen MR) is 40.5 cm³/mol. The number of imidazole rings is 1. The predicted octanol–water partition coefficient (Wildman–Crippen LogP) is 1.92. The Kier molecular flexibility index (Phi) is 2.13. The minimum absolute atomic E-state index is 0.460. The minimum Gasteiger partial charge on any atom is -0.336 e. The van der Waals surface area contributed by atoms with Crippen LogP contribution in [0.5, 0.6) is 0 Å². The molecule has 1 rings (SSSR count). The zero-order valence-corrected chi connectivity index (χ0v) is 7.28. The van der Waals surface area contributed by atoms with Crippen molar-refractivity contribution in [3.63, 3.8) is 0 Å². The molecule has 50 valence electrons. The molecule has 0 atom stereocenters. The molecule has 0 unspecified atom stereocenters. The summed E-state index contributed by atoms with van der Waals surface area (Å²) in [5, 5.41) is 0. The van der Waals surface area contributed by atoms with E-state index in [9.17, 15) is 0 Å². The molecule has 1 aromatic rings. The first-order chi connectivity index (χ1) is 4.24. The van der Waals surface area contributed by atoms with Gasteiger partial charge in [0.05, 0.1) is 5.88 Å². The fourth-order valence-electron chi connectivity index (χ4n) is 0.589. The summed E-state index contributed by atoms with van der Waals surface area (Å²) in [6.07, 6.45) is 1.87. The average Bonchev–Trinajstić information content (AvgIpc) is 2.10. The van der Waals surface area contributed by atoms with Gasteiger partial charge in [-0.1, -0.05) is 0 Å². The van der Waals surface area contributed by atoms with E-state index < -0.39 is 0 Å². The van der Waals surface area contributed by atoms with Crippen LogP contribution in [0.4, 0.5) is 0 Å². The van der Waals surface area contributed by atoms with E-state index in [1.807, 2.05) is 17.8 Å². The van der Waals surface area contributed by atoms with Crippen molar-refractivity contribution in [1.29, 1.82) is 0 Å². The third kappa shape index (κ3) is 1.46. The smallest absolute Gasteiger partial charge is 0.124 e. The van der Waals surface area contributed by atoms with Gasteiger partial charge in [0.25, 0.3) is 0 Å². The molecule has 0 saturated carbocycles. The average molecular weight is 209 g/mol. The van der Waals surface area contributed by atoms with E-state index in [1.165, 1.54) is 0 Å². The van der Waals surface area contributed by atoms with Crippen molar-refractivity contribution in [2.75, 3.05) is 0 Å². The molecule has 0 aliphatic carbocycles. The van der Waals surface area contributed by atoms with E-state index in [0.717, 1.165) is 10.4 Å². The topological polar surface area (TPSA) is 17.8 Å². The Bertz CT molecular complexity index is 209. The summed E-state index contributed by atoms with van der Waals surface area (Å²) in [5.41, 5.74) is 0. The number of hydrogen-bond donors (Lipinski definition) is 0. The Hall–Kier alpha value is -0.0200. The molecule has 4 heteroatoms. The maximum atomic E-state index is 5.54. The van der Waals surface area contributed by atoms with Gasteiger partial charge < -0.3 is 4.57 Å². The highest BCUT2D eigenvalue weighted by molar-refractivity contribution is 9.10. The van der Waals surface area contributed by atoms with Gasteiger partial charge in [0, 0.05) is 13.2 Å².